The standard InChI is InChI=1S/C18H17N3O2/c1-12-8-9-19-16(10-12)21-17(22)11-15-13(2)23-18(20-15)14-6-4-3-5-7-14/h3-10H,11H2,1-2H3,(H,19,21,22). The summed E-state index contributed by atoms with van der Waals surface area (Å²) in [7, 11) is 0. The highest BCUT2D eigenvalue weighted by atomic mass is 16.4. The van der Waals surface area contributed by atoms with Crippen molar-refractivity contribution in [3.8, 4) is 11.5 Å². The molecule has 5 heteroatoms. The van der Waals surface area contributed by atoms with Crippen LogP contribution in [0, 0.1) is 13.8 Å². The minimum Gasteiger partial charge on any atom is -0.441 e. The highest BCUT2D eigenvalue weighted by Gasteiger charge is 2.15. The summed E-state index contributed by atoms with van der Waals surface area (Å²) in [4.78, 5) is 20.7. The molecule has 3 aromatic rings. The summed E-state index contributed by atoms with van der Waals surface area (Å²) in [6, 6.07) is 13.3. The molecule has 1 N–H and O–H groups in total. The number of nitrogens with zero attached hydrogens (tertiary/aromatic N) is 2. The Kier molecular flexibility index (Phi) is 4.19. The fourth-order valence-corrected chi connectivity index (χ4v) is 2.24. The van der Waals surface area contributed by atoms with Crippen LogP contribution in [-0.2, 0) is 11.2 Å². The van der Waals surface area contributed by atoms with Gasteiger partial charge < -0.3 is 9.73 Å². The van der Waals surface area contributed by atoms with E-state index in [4.69, 9.17) is 4.42 Å². The Bertz CT molecular complexity index is 825. The van der Waals surface area contributed by atoms with Crippen LogP contribution in [-0.4, -0.2) is 15.9 Å². The van der Waals surface area contributed by atoms with E-state index in [0.717, 1.165) is 11.1 Å². The van der Waals surface area contributed by atoms with Crippen molar-refractivity contribution in [1.29, 1.82) is 0 Å². The summed E-state index contributed by atoms with van der Waals surface area (Å²) in [6.07, 6.45) is 1.82. The molecule has 1 amide bonds. The molecule has 2 aromatic heterocycles. The Morgan fingerprint density at radius 3 is 2.70 bits per heavy atom. The first-order valence-electron chi connectivity index (χ1n) is 7.36. The number of nitrogens with one attached hydrogen (secondary N) is 1. The zero-order valence-electron chi connectivity index (χ0n) is 13.0. The number of benzene rings is 1. The molecule has 0 fully saturated rings. The third kappa shape index (κ3) is 3.63. The number of carbonyl (C=O) groups is 1. The van der Waals surface area contributed by atoms with Crippen molar-refractivity contribution >= 4 is 11.7 Å². The number of aromatic nitrogens is 2. The molecule has 0 atom stereocenters. The summed E-state index contributed by atoms with van der Waals surface area (Å²) in [6.45, 7) is 3.76. The zero-order chi connectivity index (χ0) is 16.2. The van der Waals surface area contributed by atoms with E-state index >= 15 is 0 Å². The third-order valence-corrected chi connectivity index (χ3v) is 3.42. The molecular weight excluding hydrogens is 290 g/mol. The Morgan fingerprint density at radius 1 is 1.17 bits per heavy atom. The molecule has 116 valence electrons. The molecule has 0 spiro atoms. The van der Waals surface area contributed by atoms with Gasteiger partial charge in [0.15, 0.2) is 0 Å². The van der Waals surface area contributed by atoms with Crippen LogP contribution >= 0.6 is 0 Å². The zero-order valence-corrected chi connectivity index (χ0v) is 13.0. The van der Waals surface area contributed by atoms with Crippen LogP contribution in [0.1, 0.15) is 17.0 Å². The van der Waals surface area contributed by atoms with Gasteiger partial charge in [-0.15, -0.1) is 0 Å². The van der Waals surface area contributed by atoms with Crippen LogP contribution in [0.3, 0.4) is 0 Å². The van der Waals surface area contributed by atoms with Crippen molar-refractivity contribution in [3.63, 3.8) is 0 Å². The number of hydrogen-bond acceptors (Lipinski definition) is 4. The van der Waals surface area contributed by atoms with Crippen LogP contribution in [0.4, 0.5) is 5.82 Å². The first-order chi connectivity index (χ1) is 11.1. The van der Waals surface area contributed by atoms with Gasteiger partial charge in [-0.05, 0) is 43.7 Å². The summed E-state index contributed by atoms with van der Waals surface area (Å²) < 4.78 is 5.66. The maximum absolute atomic E-state index is 12.2. The Morgan fingerprint density at radius 2 is 1.96 bits per heavy atom. The van der Waals surface area contributed by atoms with E-state index in [1.54, 1.807) is 6.20 Å². The largest absolute Gasteiger partial charge is 0.441 e. The molecule has 5 nitrogen and oxygen atoms in total. The third-order valence-electron chi connectivity index (χ3n) is 3.42. The molecule has 0 unspecified atom stereocenters. The number of oxazole rings is 1. The smallest absolute Gasteiger partial charge is 0.231 e. The number of pyridine rings is 1. The summed E-state index contributed by atoms with van der Waals surface area (Å²) in [5.74, 6) is 1.55. The van der Waals surface area contributed by atoms with Gasteiger partial charge in [-0.25, -0.2) is 9.97 Å². The molecule has 2 heterocycles. The number of hydrogen-bond donors (Lipinski definition) is 1. The number of carbonyl (C=O) groups excluding carboxylic acids is 1. The quantitative estimate of drug-likeness (QED) is 0.800. The normalized spacial score (nSPS) is 10.5. The number of rotatable bonds is 4. The van der Waals surface area contributed by atoms with Crippen molar-refractivity contribution in [2.75, 3.05) is 5.32 Å². The van der Waals surface area contributed by atoms with Crippen LogP contribution in [0.2, 0.25) is 0 Å². The molecule has 3 rings (SSSR count). The second-order valence-electron chi connectivity index (χ2n) is 5.33. The molecule has 0 saturated carbocycles. The maximum atomic E-state index is 12.2. The van der Waals surface area contributed by atoms with Crippen LogP contribution < -0.4 is 5.32 Å². The highest BCUT2D eigenvalue weighted by molar-refractivity contribution is 5.91. The van der Waals surface area contributed by atoms with Crippen molar-refractivity contribution in [1.82, 2.24) is 9.97 Å². The lowest BCUT2D eigenvalue weighted by Gasteiger charge is -2.03. The van der Waals surface area contributed by atoms with Gasteiger partial charge in [-0.3, -0.25) is 4.79 Å². The van der Waals surface area contributed by atoms with Crippen LogP contribution in [0.25, 0.3) is 11.5 Å². The SMILES string of the molecule is Cc1ccnc(NC(=O)Cc2nc(-c3ccccc3)oc2C)c1. The molecule has 0 saturated heterocycles. The van der Waals surface area contributed by atoms with E-state index < -0.39 is 0 Å². The number of anilines is 1. The van der Waals surface area contributed by atoms with Crippen LogP contribution in [0.5, 0.6) is 0 Å². The van der Waals surface area contributed by atoms with Crippen molar-refractivity contribution in [2.24, 2.45) is 0 Å². The first kappa shape index (κ1) is 15.0. The van der Waals surface area contributed by atoms with Gasteiger partial charge in [0.25, 0.3) is 0 Å². The lowest BCUT2D eigenvalue weighted by atomic mass is 10.2. The molecule has 0 bridgehead atoms. The molecule has 0 radical (unpaired) electrons. The molecule has 23 heavy (non-hydrogen) atoms. The van der Waals surface area contributed by atoms with Gasteiger partial charge in [0, 0.05) is 11.8 Å². The fourth-order valence-electron chi connectivity index (χ4n) is 2.24. The van der Waals surface area contributed by atoms with E-state index in [2.05, 4.69) is 15.3 Å². The van der Waals surface area contributed by atoms with Crippen molar-refractivity contribution < 1.29 is 9.21 Å². The summed E-state index contributed by atoms with van der Waals surface area (Å²) in [5.41, 5.74) is 2.57. The van der Waals surface area contributed by atoms with Gasteiger partial charge in [-0.2, -0.15) is 0 Å². The average molecular weight is 307 g/mol. The van der Waals surface area contributed by atoms with Crippen molar-refractivity contribution in [2.45, 2.75) is 20.3 Å². The lowest BCUT2D eigenvalue weighted by Crippen LogP contribution is -2.16. The van der Waals surface area contributed by atoms with Gasteiger partial charge in [-0.1, -0.05) is 18.2 Å². The molecule has 0 aliphatic carbocycles. The highest BCUT2D eigenvalue weighted by Crippen LogP contribution is 2.21. The maximum Gasteiger partial charge on any atom is 0.231 e. The lowest BCUT2D eigenvalue weighted by molar-refractivity contribution is -0.115. The first-order valence-corrected chi connectivity index (χ1v) is 7.36. The molecule has 0 aliphatic heterocycles. The second-order valence-corrected chi connectivity index (χ2v) is 5.33. The minimum absolute atomic E-state index is 0.151. The average Bonchev–Trinajstić information content (AvgIpc) is 2.89. The predicted octanol–water partition coefficient (Wildman–Crippen LogP) is 3.53. The van der Waals surface area contributed by atoms with Crippen molar-refractivity contribution in [3.05, 3.63) is 65.7 Å². The van der Waals surface area contributed by atoms with Gasteiger partial charge in [0.05, 0.1) is 12.1 Å². The predicted molar refractivity (Wildman–Crippen MR) is 88.0 cm³/mol. The van der Waals surface area contributed by atoms with E-state index in [9.17, 15) is 4.79 Å². The van der Waals surface area contributed by atoms with E-state index in [-0.39, 0.29) is 12.3 Å². The number of aryl methyl sites for hydroxylation is 2. The summed E-state index contributed by atoms with van der Waals surface area (Å²) >= 11 is 0. The summed E-state index contributed by atoms with van der Waals surface area (Å²) in [5, 5.41) is 2.78. The van der Waals surface area contributed by atoms with Gasteiger partial charge in [0.2, 0.25) is 11.8 Å². The van der Waals surface area contributed by atoms with E-state index in [0.29, 0.717) is 23.2 Å². The van der Waals surface area contributed by atoms with E-state index in [1.165, 1.54) is 0 Å². The minimum atomic E-state index is -0.167. The fraction of sp³-hybridized carbons (Fsp3) is 0.167. The van der Waals surface area contributed by atoms with Gasteiger partial charge in [0.1, 0.15) is 11.6 Å². The van der Waals surface area contributed by atoms with Crippen LogP contribution in [0.15, 0.2) is 53.1 Å². The topological polar surface area (TPSA) is 68.0 Å². The van der Waals surface area contributed by atoms with Gasteiger partial charge >= 0.3 is 0 Å². The Labute approximate surface area is 134 Å². The molecule has 0 aliphatic rings. The second kappa shape index (κ2) is 6.44. The van der Waals surface area contributed by atoms with E-state index in [1.807, 2.05) is 56.3 Å². The monoisotopic (exact) mass is 307 g/mol. The molecular formula is C18H17N3O2. The Balaban J connectivity index is 1.73. The Hall–Kier alpha value is -2.95. The number of amides is 1. The molecule has 1 aromatic carbocycles.